The van der Waals surface area contributed by atoms with Gasteiger partial charge in [-0.05, 0) is 31.4 Å². The maximum atomic E-state index is 11.0. The van der Waals surface area contributed by atoms with Crippen molar-refractivity contribution in [2.45, 2.75) is 329 Å². The molecule has 1 N–H and O–H groups in total. The average Bonchev–Trinajstić information content (AvgIpc) is 3.30. The number of hydrogen-bond donors (Lipinski definition) is 1. The quantitative estimate of drug-likeness (QED) is 0.0662. The fourth-order valence-corrected chi connectivity index (χ4v) is 9.41. The summed E-state index contributed by atoms with van der Waals surface area (Å²) in [6.07, 6.45) is 65.3. The summed E-state index contributed by atoms with van der Waals surface area (Å²) in [5, 5.41) is 11.0. The van der Waals surface area contributed by atoms with Crippen LogP contribution in [0.25, 0.3) is 0 Å². The maximum absolute atomic E-state index is 11.0. The van der Waals surface area contributed by atoms with Gasteiger partial charge in [-0.15, -0.1) is 0 Å². The summed E-state index contributed by atoms with van der Waals surface area (Å²) < 4.78 is 19.1. The fourth-order valence-electron chi connectivity index (χ4n) is 9.41. The average molecular weight is 900 g/mol. The predicted molar refractivity (Wildman–Crippen MR) is 283 cm³/mol. The molecule has 0 aliphatic rings. The summed E-state index contributed by atoms with van der Waals surface area (Å²) in [5.74, 6) is 1.96. The highest BCUT2D eigenvalue weighted by atomic mass is 16.5. The van der Waals surface area contributed by atoms with Gasteiger partial charge in [0, 0.05) is 0 Å². The lowest BCUT2D eigenvalue weighted by molar-refractivity contribution is 0.228. The van der Waals surface area contributed by atoms with Gasteiger partial charge in [0.1, 0.15) is 0 Å². The molecule has 0 amide bonds. The van der Waals surface area contributed by atoms with Crippen molar-refractivity contribution < 1.29 is 19.3 Å². The van der Waals surface area contributed by atoms with E-state index in [9.17, 15) is 5.11 Å². The van der Waals surface area contributed by atoms with Crippen molar-refractivity contribution in [1.82, 2.24) is 0 Å². The molecule has 0 saturated carbocycles. The van der Waals surface area contributed by atoms with Crippen LogP contribution in [0.1, 0.15) is 329 Å². The molecule has 0 saturated heterocycles. The molecule has 0 unspecified atom stereocenters. The van der Waals surface area contributed by atoms with Crippen molar-refractivity contribution in [1.29, 1.82) is 0 Å². The van der Waals surface area contributed by atoms with E-state index in [4.69, 9.17) is 14.2 Å². The van der Waals surface area contributed by atoms with Gasteiger partial charge < -0.3 is 19.3 Å². The summed E-state index contributed by atoms with van der Waals surface area (Å²) in [4.78, 5) is 0. The van der Waals surface area contributed by atoms with Gasteiger partial charge in [-0.3, -0.25) is 0 Å². The number of unbranched alkanes of at least 4 members (excludes halogenated alkanes) is 45. The van der Waals surface area contributed by atoms with Crippen molar-refractivity contribution in [3.05, 3.63) is 12.1 Å². The topological polar surface area (TPSA) is 47.9 Å². The first-order valence-corrected chi connectivity index (χ1v) is 29.5. The number of phenols is 1. The van der Waals surface area contributed by atoms with Gasteiger partial charge in [0.05, 0.1) is 19.8 Å². The largest absolute Gasteiger partial charge is 0.504 e. The van der Waals surface area contributed by atoms with Gasteiger partial charge in [0.25, 0.3) is 0 Å². The molecule has 0 spiro atoms. The molecule has 4 heteroatoms. The standard InChI is InChI=1S/C60H114O4/c1-4-7-10-13-16-19-22-25-28-31-34-37-40-43-46-49-54-62-58-53-52-57(61)59(63-55-50-47-44-41-38-35-32-29-26-23-20-17-14-11-8-5-2)60(58)64-56-51-48-45-42-39-36-33-30-27-24-21-18-15-12-9-6-3/h52-53,61H,4-51,54-56H2,1-3H3. The minimum atomic E-state index is 0.160. The minimum Gasteiger partial charge on any atom is -0.504 e. The summed E-state index contributed by atoms with van der Waals surface area (Å²) in [6, 6.07) is 3.61. The Kier molecular flexibility index (Phi) is 48.0. The lowest BCUT2D eigenvalue weighted by Crippen LogP contribution is -2.06. The van der Waals surface area contributed by atoms with Crippen molar-refractivity contribution in [2.75, 3.05) is 19.8 Å². The van der Waals surface area contributed by atoms with E-state index in [1.807, 2.05) is 6.07 Å². The molecular weight excluding hydrogens is 785 g/mol. The van der Waals surface area contributed by atoms with Crippen molar-refractivity contribution in [3.8, 4) is 23.0 Å². The Morgan fingerprint density at radius 3 is 0.703 bits per heavy atom. The Labute approximate surface area is 401 Å². The van der Waals surface area contributed by atoms with Crippen LogP contribution in [0.3, 0.4) is 0 Å². The Balaban J connectivity index is 2.35. The molecule has 378 valence electrons. The summed E-state index contributed by atoms with van der Waals surface area (Å²) >= 11 is 0. The third kappa shape index (κ3) is 40.7. The molecule has 64 heavy (non-hydrogen) atoms. The zero-order valence-electron chi connectivity index (χ0n) is 43.9. The maximum Gasteiger partial charge on any atom is 0.207 e. The first-order valence-electron chi connectivity index (χ1n) is 29.5. The lowest BCUT2D eigenvalue weighted by Gasteiger charge is -2.18. The predicted octanol–water partition coefficient (Wildman–Crippen LogP) is 21.3. The monoisotopic (exact) mass is 899 g/mol. The molecule has 0 atom stereocenters. The van der Waals surface area contributed by atoms with Gasteiger partial charge in [0.2, 0.25) is 11.5 Å². The van der Waals surface area contributed by atoms with E-state index in [-0.39, 0.29) is 5.75 Å². The van der Waals surface area contributed by atoms with E-state index in [2.05, 4.69) is 20.8 Å². The van der Waals surface area contributed by atoms with E-state index in [0.29, 0.717) is 31.3 Å². The SMILES string of the molecule is CCCCCCCCCCCCCCCCCCOc1ccc(O)c(OCCCCCCCCCCCCCCCCCC)c1OCCCCCCCCCCCCCCCCCC. The third-order valence-electron chi connectivity index (χ3n) is 13.8. The lowest BCUT2D eigenvalue weighted by atomic mass is 10.0. The van der Waals surface area contributed by atoms with Crippen LogP contribution in [0, 0.1) is 0 Å². The number of ether oxygens (including phenoxy) is 3. The summed E-state index contributed by atoms with van der Waals surface area (Å²) in [5.41, 5.74) is 0. The van der Waals surface area contributed by atoms with Gasteiger partial charge in [-0.25, -0.2) is 0 Å². The molecular formula is C60H114O4. The molecule has 1 rings (SSSR count). The van der Waals surface area contributed by atoms with Crippen LogP contribution in [-0.2, 0) is 0 Å². The molecule has 0 aromatic heterocycles. The number of aromatic hydroxyl groups is 1. The van der Waals surface area contributed by atoms with Gasteiger partial charge in [-0.2, -0.15) is 0 Å². The Morgan fingerprint density at radius 2 is 0.453 bits per heavy atom. The van der Waals surface area contributed by atoms with E-state index in [0.717, 1.165) is 25.0 Å². The molecule has 1 aromatic carbocycles. The van der Waals surface area contributed by atoms with Gasteiger partial charge in [-0.1, -0.05) is 310 Å². The number of benzene rings is 1. The van der Waals surface area contributed by atoms with E-state index >= 15 is 0 Å². The normalized spacial score (nSPS) is 11.5. The van der Waals surface area contributed by atoms with Gasteiger partial charge in [0.15, 0.2) is 11.5 Å². The molecule has 0 radical (unpaired) electrons. The molecule has 4 nitrogen and oxygen atoms in total. The third-order valence-corrected chi connectivity index (χ3v) is 13.8. The highest BCUT2D eigenvalue weighted by molar-refractivity contribution is 5.58. The van der Waals surface area contributed by atoms with E-state index < -0.39 is 0 Å². The zero-order chi connectivity index (χ0) is 45.9. The fraction of sp³-hybridized carbons (Fsp3) is 0.900. The summed E-state index contributed by atoms with van der Waals surface area (Å²) in [7, 11) is 0. The highest BCUT2D eigenvalue weighted by Crippen LogP contribution is 2.44. The van der Waals surface area contributed by atoms with E-state index in [1.54, 1.807) is 6.07 Å². The zero-order valence-corrected chi connectivity index (χ0v) is 43.9. The molecule has 0 aliphatic heterocycles. The molecule has 1 aromatic rings. The molecule has 0 bridgehead atoms. The minimum absolute atomic E-state index is 0.160. The van der Waals surface area contributed by atoms with Crippen LogP contribution >= 0.6 is 0 Å². The number of hydrogen-bond acceptors (Lipinski definition) is 4. The second-order valence-corrected chi connectivity index (χ2v) is 20.2. The second-order valence-electron chi connectivity index (χ2n) is 20.2. The first kappa shape index (κ1) is 60.4. The Bertz CT molecular complexity index is 1040. The Morgan fingerprint density at radius 1 is 0.250 bits per heavy atom. The van der Waals surface area contributed by atoms with Crippen LogP contribution in [0.15, 0.2) is 12.1 Å². The van der Waals surface area contributed by atoms with Crippen LogP contribution in [0.4, 0.5) is 0 Å². The number of rotatable bonds is 54. The Hall–Kier alpha value is -1.58. The first-order chi connectivity index (χ1) is 31.7. The highest BCUT2D eigenvalue weighted by Gasteiger charge is 2.18. The van der Waals surface area contributed by atoms with Crippen molar-refractivity contribution >= 4 is 0 Å². The van der Waals surface area contributed by atoms with Crippen LogP contribution in [0.5, 0.6) is 23.0 Å². The molecule has 0 heterocycles. The number of phenolic OH excluding ortho intramolecular Hbond substituents is 1. The molecule has 0 aliphatic carbocycles. The van der Waals surface area contributed by atoms with Crippen LogP contribution in [-0.4, -0.2) is 24.9 Å². The smallest absolute Gasteiger partial charge is 0.207 e. The second kappa shape index (κ2) is 50.8. The van der Waals surface area contributed by atoms with Crippen molar-refractivity contribution in [3.63, 3.8) is 0 Å². The van der Waals surface area contributed by atoms with Gasteiger partial charge >= 0.3 is 0 Å². The summed E-state index contributed by atoms with van der Waals surface area (Å²) in [6.45, 7) is 8.81. The molecule has 0 fully saturated rings. The van der Waals surface area contributed by atoms with Crippen LogP contribution in [0.2, 0.25) is 0 Å². The van der Waals surface area contributed by atoms with Crippen molar-refractivity contribution in [2.24, 2.45) is 0 Å². The van der Waals surface area contributed by atoms with Crippen LogP contribution < -0.4 is 14.2 Å². The van der Waals surface area contributed by atoms with E-state index in [1.165, 1.54) is 289 Å².